The van der Waals surface area contributed by atoms with Gasteiger partial charge in [0, 0.05) is 41.0 Å². The van der Waals surface area contributed by atoms with E-state index >= 15 is 0 Å². The summed E-state index contributed by atoms with van der Waals surface area (Å²) in [4.78, 5) is 22.5. The fourth-order valence-electron chi connectivity index (χ4n) is 2.84. The molecule has 1 N–H and O–H groups in total. The van der Waals surface area contributed by atoms with E-state index in [-0.39, 0.29) is 12.5 Å². The molecule has 0 fully saturated rings. The van der Waals surface area contributed by atoms with Crippen molar-refractivity contribution < 1.29 is 14.3 Å². The van der Waals surface area contributed by atoms with E-state index in [2.05, 4.69) is 28.9 Å². The molecule has 0 radical (unpaired) electrons. The van der Waals surface area contributed by atoms with E-state index in [9.17, 15) is 9.59 Å². The Hall–Kier alpha value is -2.82. The third-order valence-electron chi connectivity index (χ3n) is 3.78. The van der Waals surface area contributed by atoms with Crippen LogP contribution in [0.3, 0.4) is 0 Å². The summed E-state index contributed by atoms with van der Waals surface area (Å²) >= 11 is 0. The summed E-state index contributed by atoms with van der Waals surface area (Å²) in [6.07, 6.45) is 0. The van der Waals surface area contributed by atoms with Crippen molar-refractivity contribution >= 4 is 39.4 Å². The number of amides is 1. The van der Waals surface area contributed by atoms with E-state index in [0.29, 0.717) is 5.69 Å². The number of aryl methyl sites for hydroxylation is 1. The molecule has 0 bridgehead atoms. The van der Waals surface area contributed by atoms with Gasteiger partial charge < -0.3 is 14.6 Å². The van der Waals surface area contributed by atoms with Crippen molar-refractivity contribution in [3.05, 3.63) is 42.5 Å². The minimum atomic E-state index is -0.471. The first kappa shape index (κ1) is 15.1. The van der Waals surface area contributed by atoms with Crippen LogP contribution in [0.1, 0.15) is 13.8 Å². The van der Waals surface area contributed by atoms with Crippen molar-refractivity contribution in [3.8, 4) is 0 Å². The molecule has 0 unspecified atom stereocenters. The number of hydrogen-bond donors (Lipinski definition) is 1. The number of aromatic nitrogens is 1. The molecule has 0 saturated carbocycles. The lowest BCUT2D eigenvalue weighted by atomic mass is 10.1. The minimum absolute atomic E-state index is 0.274. The highest BCUT2D eigenvalue weighted by atomic mass is 16.5. The average molecular weight is 310 g/mol. The highest BCUT2D eigenvalue weighted by Gasteiger charge is 2.11. The van der Waals surface area contributed by atoms with Crippen molar-refractivity contribution in [2.45, 2.75) is 20.4 Å². The standard InChI is InChI=1S/C18H18N2O3/c1-3-20-16-7-5-4-6-14(16)15-10-13(8-9-17(15)20)19-18(22)11-23-12(2)21/h4-10H,3,11H2,1-2H3,(H,19,22). The van der Waals surface area contributed by atoms with Gasteiger partial charge in [-0.15, -0.1) is 0 Å². The molecule has 0 aliphatic rings. The number of ether oxygens (including phenoxy) is 1. The lowest BCUT2D eigenvalue weighted by Crippen LogP contribution is -2.19. The molecular weight excluding hydrogens is 292 g/mol. The minimum Gasteiger partial charge on any atom is -0.456 e. The highest BCUT2D eigenvalue weighted by Crippen LogP contribution is 2.30. The molecule has 0 saturated heterocycles. The molecule has 23 heavy (non-hydrogen) atoms. The van der Waals surface area contributed by atoms with Crippen LogP contribution in [-0.2, 0) is 20.9 Å². The fourth-order valence-corrected chi connectivity index (χ4v) is 2.84. The Morgan fingerprint density at radius 3 is 2.57 bits per heavy atom. The van der Waals surface area contributed by atoms with Crippen molar-refractivity contribution in [1.29, 1.82) is 0 Å². The Kier molecular flexibility index (Phi) is 4.02. The summed E-state index contributed by atoms with van der Waals surface area (Å²) < 4.78 is 6.95. The summed E-state index contributed by atoms with van der Waals surface area (Å²) in [5.74, 6) is -0.819. The zero-order valence-electron chi connectivity index (χ0n) is 13.1. The normalized spacial score (nSPS) is 10.9. The van der Waals surface area contributed by atoms with Gasteiger partial charge in [0.05, 0.1) is 0 Å². The number of carbonyl (C=O) groups is 2. The fraction of sp³-hybridized carbons (Fsp3) is 0.222. The van der Waals surface area contributed by atoms with Crippen molar-refractivity contribution in [2.24, 2.45) is 0 Å². The Balaban J connectivity index is 1.97. The molecule has 1 amide bonds. The number of fused-ring (bicyclic) bond motifs is 3. The van der Waals surface area contributed by atoms with Crippen LogP contribution in [0.15, 0.2) is 42.5 Å². The highest BCUT2D eigenvalue weighted by molar-refractivity contribution is 6.09. The Bertz CT molecular complexity index is 896. The van der Waals surface area contributed by atoms with Gasteiger partial charge in [-0.2, -0.15) is 0 Å². The quantitative estimate of drug-likeness (QED) is 0.752. The summed E-state index contributed by atoms with van der Waals surface area (Å²) in [7, 11) is 0. The predicted molar refractivity (Wildman–Crippen MR) is 90.4 cm³/mol. The van der Waals surface area contributed by atoms with Gasteiger partial charge >= 0.3 is 5.97 Å². The first-order valence-electron chi connectivity index (χ1n) is 7.54. The van der Waals surface area contributed by atoms with Crippen LogP contribution in [0.4, 0.5) is 5.69 Å². The van der Waals surface area contributed by atoms with Crippen molar-refractivity contribution in [3.63, 3.8) is 0 Å². The molecule has 3 aromatic rings. The Labute approximate surface area is 133 Å². The second-order valence-electron chi connectivity index (χ2n) is 5.32. The Morgan fingerprint density at radius 2 is 1.83 bits per heavy atom. The molecule has 0 atom stereocenters. The number of nitrogens with one attached hydrogen (secondary N) is 1. The zero-order valence-corrected chi connectivity index (χ0v) is 13.1. The maximum absolute atomic E-state index is 11.8. The SMILES string of the molecule is CCn1c2ccccc2c2cc(NC(=O)COC(C)=O)ccc21. The van der Waals surface area contributed by atoms with E-state index in [4.69, 9.17) is 4.74 Å². The smallest absolute Gasteiger partial charge is 0.303 e. The van der Waals surface area contributed by atoms with Crippen LogP contribution < -0.4 is 5.32 Å². The summed E-state index contributed by atoms with van der Waals surface area (Å²) in [6.45, 7) is 3.99. The number of hydrogen-bond acceptors (Lipinski definition) is 3. The number of rotatable bonds is 4. The van der Waals surface area contributed by atoms with E-state index in [1.807, 2.05) is 30.3 Å². The second kappa shape index (κ2) is 6.12. The maximum atomic E-state index is 11.8. The molecule has 0 aliphatic heterocycles. The van der Waals surface area contributed by atoms with Gasteiger partial charge in [0.15, 0.2) is 6.61 Å². The van der Waals surface area contributed by atoms with Crippen LogP contribution in [-0.4, -0.2) is 23.1 Å². The maximum Gasteiger partial charge on any atom is 0.303 e. The number of benzene rings is 2. The lowest BCUT2D eigenvalue weighted by molar-refractivity contribution is -0.144. The van der Waals surface area contributed by atoms with Crippen LogP contribution >= 0.6 is 0 Å². The molecule has 3 rings (SSSR count). The largest absolute Gasteiger partial charge is 0.456 e. The van der Waals surface area contributed by atoms with Gasteiger partial charge in [-0.25, -0.2) is 0 Å². The van der Waals surface area contributed by atoms with Crippen LogP contribution in [0.2, 0.25) is 0 Å². The van der Waals surface area contributed by atoms with Gasteiger partial charge in [0.25, 0.3) is 5.91 Å². The number of carbonyl (C=O) groups excluding carboxylic acids is 2. The summed E-state index contributed by atoms with van der Waals surface area (Å²) in [5.41, 5.74) is 2.99. The molecule has 0 spiro atoms. The number of esters is 1. The van der Waals surface area contributed by atoms with Gasteiger partial charge in [-0.05, 0) is 31.2 Å². The van der Waals surface area contributed by atoms with Gasteiger partial charge in [0.1, 0.15) is 0 Å². The first-order chi connectivity index (χ1) is 11.1. The van der Waals surface area contributed by atoms with Gasteiger partial charge in [-0.3, -0.25) is 9.59 Å². The van der Waals surface area contributed by atoms with E-state index in [1.54, 1.807) is 0 Å². The van der Waals surface area contributed by atoms with E-state index < -0.39 is 5.97 Å². The average Bonchev–Trinajstić information content (AvgIpc) is 2.86. The number of anilines is 1. The van der Waals surface area contributed by atoms with Crippen molar-refractivity contribution in [1.82, 2.24) is 4.57 Å². The second-order valence-corrected chi connectivity index (χ2v) is 5.32. The van der Waals surface area contributed by atoms with Gasteiger partial charge in [0.2, 0.25) is 0 Å². The summed E-state index contributed by atoms with van der Waals surface area (Å²) in [6, 6.07) is 14.0. The molecule has 0 aliphatic carbocycles. The van der Waals surface area contributed by atoms with E-state index in [0.717, 1.165) is 22.8 Å². The molecule has 5 heteroatoms. The van der Waals surface area contributed by atoms with Gasteiger partial charge in [-0.1, -0.05) is 18.2 Å². The topological polar surface area (TPSA) is 60.3 Å². The monoisotopic (exact) mass is 310 g/mol. The third kappa shape index (κ3) is 2.90. The lowest BCUT2D eigenvalue weighted by Gasteiger charge is -2.06. The Morgan fingerprint density at radius 1 is 1.09 bits per heavy atom. The van der Waals surface area contributed by atoms with E-state index in [1.165, 1.54) is 12.4 Å². The molecule has 1 heterocycles. The number of nitrogens with zero attached hydrogens (tertiary/aromatic N) is 1. The van der Waals surface area contributed by atoms with Crippen LogP contribution in [0.5, 0.6) is 0 Å². The molecule has 118 valence electrons. The zero-order chi connectivity index (χ0) is 16.4. The third-order valence-corrected chi connectivity index (χ3v) is 3.78. The van der Waals surface area contributed by atoms with Crippen molar-refractivity contribution in [2.75, 3.05) is 11.9 Å². The molecule has 2 aromatic carbocycles. The molecule has 5 nitrogen and oxygen atoms in total. The van der Waals surface area contributed by atoms with Crippen LogP contribution in [0, 0.1) is 0 Å². The predicted octanol–water partition coefficient (Wildman–Crippen LogP) is 3.32. The molecular formula is C18H18N2O3. The summed E-state index contributed by atoms with van der Waals surface area (Å²) in [5, 5.41) is 5.00. The van der Waals surface area contributed by atoms with Crippen LogP contribution in [0.25, 0.3) is 21.8 Å². The molecule has 1 aromatic heterocycles. The first-order valence-corrected chi connectivity index (χ1v) is 7.54. The number of para-hydroxylation sites is 1.